The van der Waals surface area contributed by atoms with Crippen LogP contribution in [0, 0.1) is 10.8 Å². The van der Waals surface area contributed by atoms with Gasteiger partial charge in [0.05, 0.1) is 0 Å². The minimum atomic E-state index is 0.243. The van der Waals surface area contributed by atoms with Crippen molar-refractivity contribution in [2.45, 2.75) is 40.5 Å². The van der Waals surface area contributed by atoms with E-state index in [4.69, 9.17) is 0 Å². The standard InChI is InChI=1S/C12H22/c1-7-9-12(5,6)10-11(3,4)8-2/h7-8H,1-2,9-10H2,3-6H3. The summed E-state index contributed by atoms with van der Waals surface area (Å²) in [6.45, 7) is 16.6. The summed E-state index contributed by atoms with van der Waals surface area (Å²) < 4.78 is 0. The van der Waals surface area contributed by atoms with Gasteiger partial charge in [-0.05, 0) is 23.7 Å². The molecule has 0 saturated heterocycles. The third-order valence-corrected chi connectivity index (χ3v) is 2.18. The highest BCUT2D eigenvalue weighted by atomic mass is 14.3. The second-order valence-electron chi connectivity index (χ2n) is 5.03. The minimum Gasteiger partial charge on any atom is -0.103 e. The predicted octanol–water partition coefficient (Wildman–Crippen LogP) is 4.19. The van der Waals surface area contributed by atoms with Gasteiger partial charge in [0.25, 0.3) is 0 Å². The Bertz CT molecular complexity index is 161. The van der Waals surface area contributed by atoms with Crippen LogP contribution in [0.2, 0.25) is 0 Å². The van der Waals surface area contributed by atoms with Crippen LogP contribution in [0.25, 0.3) is 0 Å². The van der Waals surface area contributed by atoms with Crippen molar-refractivity contribution >= 4 is 0 Å². The molecule has 70 valence electrons. The lowest BCUT2D eigenvalue weighted by atomic mass is 9.73. The molecule has 0 saturated carbocycles. The maximum absolute atomic E-state index is 3.85. The van der Waals surface area contributed by atoms with Crippen molar-refractivity contribution in [3.8, 4) is 0 Å². The Morgan fingerprint density at radius 2 is 1.58 bits per heavy atom. The monoisotopic (exact) mass is 166 g/mol. The Morgan fingerprint density at radius 1 is 1.08 bits per heavy atom. The van der Waals surface area contributed by atoms with Crippen LogP contribution in [-0.4, -0.2) is 0 Å². The molecule has 0 amide bonds. The highest BCUT2D eigenvalue weighted by Crippen LogP contribution is 2.36. The van der Waals surface area contributed by atoms with Crippen molar-refractivity contribution in [1.82, 2.24) is 0 Å². The van der Waals surface area contributed by atoms with E-state index < -0.39 is 0 Å². The molecule has 0 aliphatic heterocycles. The fourth-order valence-corrected chi connectivity index (χ4v) is 1.77. The zero-order valence-corrected chi connectivity index (χ0v) is 8.98. The van der Waals surface area contributed by atoms with Crippen LogP contribution in [0.1, 0.15) is 40.5 Å². The fourth-order valence-electron chi connectivity index (χ4n) is 1.77. The van der Waals surface area contributed by atoms with Crippen molar-refractivity contribution in [1.29, 1.82) is 0 Å². The molecule has 0 aromatic carbocycles. The van der Waals surface area contributed by atoms with Gasteiger partial charge < -0.3 is 0 Å². The van der Waals surface area contributed by atoms with Crippen molar-refractivity contribution < 1.29 is 0 Å². The number of rotatable bonds is 5. The van der Waals surface area contributed by atoms with Gasteiger partial charge in [-0.25, -0.2) is 0 Å². The number of hydrogen-bond acceptors (Lipinski definition) is 0. The third-order valence-electron chi connectivity index (χ3n) is 2.18. The number of allylic oxidation sites excluding steroid dienone is 2. The first-order valence-corrected chi connectivity index (χ1v) is 4.57. The smallest absolute Gasteiger partial charge is 0.0172 e. The van der Waals surface area contributed by atoms with Gasteiger partial charge in [0.2, 0.25) is 0 Å². The van der Waals surface area contributed by atoms with Gasteiger partial charge in [-0.1, -0.05) is 39.8 Å². The van der Waals surface area contributed by atoms with E-state index in [0.717, 1.165) is 12.8 Å². The van der Waals surface area contributed by atoms with E-state index in [1.54, 1.807) is 0 Å². The molecule has 0 heterocycles. The molecular formula is C12H22. The van der Waals surface area contributed by atoms with Crippen LogP contribution in [0.3, 0.4) is 0 Å². The highest BCUT2D eigenvalue weighted by molar-refractivity contribution is 4.93. The number of hydrogen-bond donors (Lipinski definition) is 0. The van der Waals surface area contributed by atoms with Gasteiger partial charge in [0.15, 0.2) is 0 Å². The summed E-state index contributed by atoms with van der Waals surface area (Å²) in [5, 5.41) is 0. The van der Waals surface area contributed by atoms with Crippen LogP contribution < -0.4 is 0 Å². The van der Waals surface area contributed by atoms with E-state index in [9.17, 15) is 0 Å². The largest absolute Gasteiger partial charge is 0.103 e. The summed E-state index contributed by atoms with van der Waals surface area (Å²) >= 11 is 0. The molecule has 0 atom stereocenters. The molecule has 12 heavy (non-hydrogen) atoms. The van der Waals surface area contributed by atoms with Crippen molar-refractivity contribution in [2.24, 2.45) is 10.8 Å². The SMILES string of the molecule is C=CCC(C)(C)CC(C)(C)C=C. The average Bonchev–Trinajstić information content (AvgIpc) is 1.85. The fraction of sp³-hybridized carbons (Fsp3) is 0.667. The maximum atomic E-state index is 3.85. The van der Waals surface area contributed by atoms with Gasteiger partial charge in [-0.3, -0.25) is 0 Å². The topological polar surface area (TPSA) is 0 Å². The Balaban J connectivity index is 4.21. The van der Waals surface area contributed by atoms with Gasteiger partial charge in [-0.2, -0.15) is 0 Å². The maximum Gasteiger partial charge on any atom is -0.0172 e. The molecule has 0 aliphatic carbocycles. The van der Waals surface area contributed by atoms with E-state index >= 15 is 0 Å². The summed E-state index contributed by atoms with van der Waals surface area (Å²) in [7, 11) is 0. The van der Waals surface area contributed by atoms with E-state index in [-0.39, 0.29) is 5.41 Å². The quantitative estimate of drug-likeness (QED) is 0.537. The van der Waals surface area contributed by atoms with Gasteiger partial charge in [0.1, 0.15) is 0 Å². The first-order chi connectivity index (χ1) is 5.33. The molecule has 0 bridgehead atoms. The second-order valence-corrected chi connectivity index (χ2v) is 5.03. The molecule has 0 fully saturated rings. The normalized spacial score (nSPS) is 12.7. The van der Waals surface area contributed by atoms with Crippen molar-refractivity contribution in [2.75, 3.05) is 0 Å². The lowest BCUT2D eigenvalue weighted by Gasteiger charge is -2.32. The van der Waals surface area contributed by atoms with E-state index in [1.807, 2.05) is 12.2 Å². The Morgan fingerprint density at radius 3 is 1.92 bits per heavy atom. The van der Waals surface area contributed by atoms with Crippen molar-refractivity contribution in [3.05, 3.63) is 25.3 Å². The predicted molar refractivity (Wildman–Crippen MR) is 57.2 cm³/mol. The van der Waals surface area contributed by atoms with Gasteiger partial charge >= 0.3 is 0 Å². The first-order valence-electron chi connectivity index (χ1n) is 4.57. The molecule has 0 nitrogen and oxygen atoms in total. The highest BCUT2D eigenvalue weighted by Gasteiger charge is 2.25. The molecule has 0 aliphatic rings. The molecule has 0 spiro atoms. The van der Waals surface area contributed by atoms with Crippen LogP contribution in [0.4, 0.5) is 0 Å². The molecule has 0 N–H and O–H groups in total. The van der Waals surface area contributed by atoms with Gasteiger partial charge in [-0.15, -0.1) is 13.2 Å². The zero-order valence-electron chi connectivity index (χ0n) is 8.98. The summed E-state index contributed by atoms with van der Waals surface area (Å²) in [5.41, 5.74) is 0.589. The summed E-state index contributed by atoms with van der Waals surface area (Å²) in [6, 6.07) is 0. The van der Waals surface area contributed by atoms with Crippen molar-refractivity contribution in [3.63, 3.8) is 0 Å². The third kappa shape index (κ3) is 4.38. The summed E-state index contributed by atoms with van der Waals surface area (Å²) in [6.07, 6.45) is 6.27. The zero-order chi connectivity index (χ0) is 9.83. The Hall–Kier alpha value is -0.520. The molecule has 0 unspecified atom stereocenters. The average molecular weight is 166 g/mol. The lowest BCUT2D eigenvalue weighted by molar-refractivity contribution is 0.240. The van der Waals surface area contributed by atoms with E-state index in [1.165, 1.54) is 0 Å². The molecule has 0 radical (unpaired) electrons. The summed E-state index contributed by atoms with van der Waals surface area (Å²) in [5.74, 6) is 0. The molecule has 0 aromatic heterocycles. The van der Waals surface area contributed by atoms with Crippen LogP contribution >= 0.6 is 0 Å². The molecular weight excluding hydrogens is 144 g/mol. The Labute approximate surface area is 77.4 Å². The van der Waals surface area contributed by atoms with E-state index in [2.05, 4.69) is 40.9 Å². The lowest BCUT2D eigenvalue weighted by Crippen LogP contribution is -2.20. The summed E-state index contributed by atoms with van der Waals surface area (Å²) in [4.78, 5) is 0. The van der Waals surface area contributed by atoms with Crippen LogP contribution in [0.5, 0.6) is 0 Å². The minimum absolute atomic E-state index is 0.243. The first kappa shape index (κ1) is 11.5. The van der Waals surface area contributed by atoms with Crippen LogP contribution in [-0.2, 0) is 0 Å². The van der Waals surface area contributed by atoms with Crippen LogP contribution in [0.15, 0.2) is 25.3 Å². The Kier molecular flexibility index (Phi) is 3.76. The molecule has 0 rings (SSSR count). The second kappa shape index (κ2) is 3.93. The molecule has 0 aromatic rings. The van der Waals surface area contributed by atoms with E-state index in [0.29, 0.717) is 5.41 Å². The van der Waals surface area contributed by atoms with Gasteiger partial charge in [0, 0.05) is 0 Å². The molecule has 0 heteroatoms.